The molecule has 1 amide bonds. The number of carbonyl (C=O) groups excluding carboxylic acids is 1. The Morgan fingerprint density at radius 2 is 2.17 bits per heavy atom. The number of nitrogens with zero attached hydrogens (tertiary/aromatic N) is 1. The van der Waals surface area contributed by atoms with Crippen LogP contribution in [-0.4, -0.2) is 42.7 Å². The van der Waals surface area contributed by atoms with E-state index in [2.05, 4.69) is 0 Å². The third-order valence-corrected chi connectivity index (χ3v) is 5.67. The highest BCUT2D eigenvalue weighted by Gasteiger charge is 2.27. The number of likely N-dealkylation sites (tertiary alicyclic amines) is 1. The van der Waals surface area contributed by atoms with Gasteiger partial charge in [-0.05, 0) is 36.8 Å². The Balaban J connectivity index is 1.83. The molecule has 0 radical (unpaired) electrons. The topological polar surface area (TPSA) is 49.8 Å². The Morgan fingerprint density at radius 1 is 1.38 bits per heavy atom. The van der Waals surface area contributed by atoms with Gasteiger partial charge < -0.3 is 14.7 Å². The molecule has 1 aliphatic heterocycles. The lowest BCUT2D eigenvalue weighted by Gasteiger charge is -2.32. The van der Waals surface area contributed by atoms with Gasteiger partial charge in [0.1, 0.15) is 10.6 Å². The van der Waals surface area contributed by atoms with Gasteiger partial charge in [-0.1, -0.05) is 30.3 Å². The average Bonchev–Trinajstić information content (AvgIpc) is 3.07. The SMILES string of the molecule is COc1cc(-c2ccccc2)sc1C(=O)N1CCC[C@@H](CCO)C1. The predicted octanol–water partition coefficient (Wildman–Crippen LogP) is 3.66. The highest BCUT2D eigenvalue weighted by molar-refractivity contribution is 7.17. The monoisotopic (exact) mass is 345 g/mol. The van der Waals surface area contributed by atoms with Crippen molar-refractivity contribution in [3.8, 4) is 16.2 Å². The molecule has 2 aromatic rings. The summed E-state index contributed by atoms with van der Waals surface area (Å²) in [5.74, 6) is 1.09. The van der Waals surface area contributed by atoms with E-state index in [1.807, 2.05) is 41.3 Å². The first kappa shape index (κ1) is 17.0. The van der Waals surface area contributed by atoms with E-state index in [1.165, 1.54) is 11.3 Å². The van der Waals surface area contributed by atoms with Gasteiger partial charge >= 0.3 is 0 Å². The molecule has 128 valence electrons. The number of hydrogen-bond acceptors (Lipinski definition) is 4. The average molecular weight is 345 g/mol. The minimum absolute atomic E-state index is 0.0432. The number of rotatable bonds is 5. The number of amides is 1. The maximum Gasteiger partial charge on any atom is 0.267 e. The van der Waals surface area contributed by atoms with Crippen molar-refractivity contribution in [1.29, 1.82) is 0 Å². The van der Waals surface area contributed by atoms with E-state index in [0.29, 0.717) is 16.5 Å². The summed E-state index contributed by atoms with van der Waals surface area (Å²) in [5.41, 5.74) is 1.09. The van der Waals surface area contributed by atoms with Crippen molar-refractivity contribution >= 4 is 17.2 Å². The van der Waals surface area contributed by atoms with Crippen molar-refractivity contribution in [3.05, 3.63) is 41.3 Å². The van der Waals surface area contributed by atoms with Crippen LogP contribution in [0.2, 0.25) is 0 Å². The Hall–Kier alpha value is -1.85. The summed E-state index contributed by atoms with van der Waals surface area (Å²) in [4.78, 5) is 16.6. The lowest BCUT2D eigenvalue weighted by atomic mass is 9.95. The number of benzene rings is 1. The van der Waals surface area contributed by atoms with Gasteiger partial charge in [-0.15, -0.1) is 11.3 Å². The summed E-state index contributed by atoms with van der Waals surface area (Å²) in [7, 11) is 1.61. The quantitative estimate of drug-likeness (QED) is 0.900. The van der Waals surface area contributed by atoms with Crippen LogP contribution in [0, 0.1) is 5.92 Å². The molecule has 1 fully saturated rings. The number of ether oxygens (including phenoxy) is 1. The van der Waals surface area contributed by atoms with Crippen LogP contribution < -0.4 is 4.74 Å². The number of aliphatic hydroxyl groups is 1. The molecular weight excluding hydrogens is 322 g/mol. The van der Waals surface area contributed by atoms with Crippen LogP contribution in [0.4, 0.5) is 0 Å². The zero-order valence-electron chi connectivity index (χ0n) is 13.9. The molecule has 1 aliphatic rings. The van der Waals surface area contributed by atoms with Crippen molar-refractivity contribution in [2.45, 2.75) is 19.3 Å². The second kappa shape index (κ2) is 7.81. The summed E-state index contributed by atoms with van der Waals surface area (Å²) in [6, 6.07) is 12.0. The summed E-state index contributed by atoms with van der Waals surface area (Å²) in [6.45, 7) is 1.69. The molecule has 1 aromatic carbocycles. The largest absolute Gasteiger partial charge is 0.495 e. The van der Waals surface area contributed by atoms with Crippen molar-refractivity contribution in [1.82, 2.24) is 4.90 Å². The Kier molecular flexibility index (Phi) is 5.53. The van der Waals surface area contributed by atoms with Crippen LogP contribution in [0.3, 0.4) is 0 Å². The Bertz CT molecular complexity index is 681. The first-order valence-electron chi connectivity index (χ1n) is 8.36. The molecule has 1 saturated heterocycles. The van der Waals surface area contributed by atoms with Gasteiger partial charge in [0.05, 0.1) is 7.11 Å². The smallest absolute Gasteiger partial charge is 0.267 e. The maximum atomic E-state index is 13.0. The van der Waals surface area contributed by atoms with Gasteiger partial charge in [0, 0.05) is 24.6 Å². The normalized spacial score (nSPS) is 17.8. The van der Waals surface area contributed by atoms with E-state index in [4.69, 9.17) is 9.84 Å². The molecule has 2 heterocycles. The van der Waals surface area contributed by atoms with Crippen molar-refractivity contribution in [3.63, 3.8) is 0 Å². The summed E-state index contributed by atoms with van der Waals surface area (Å²) >= 11 is 1.49. The standard InChI is InChI=1S/C19H23NO3S/c1-23-16-12-17(15-7-3-2-4-8-15)24-18(16)19(22)20-10-5-6-14(13-20)9-11-21/h2-4,7-8,12,14,21H,5-6,9-11,13H2,1H3/t14-/m0/s1. The van der Waals surface area contributed by atoms with Gasteiger partial charge in [-0.25, -0.2) is 0 Å². The fourth-order valence-corrected chi connectivity index (χ4v) is 4.33. The van der Waals surface area contributed by atoms with E-state index in [9.17, 15) is 4.79 Å². The van der Waals surface area contributed by atoms with Gasteiger partial charge in [-0.3, -0.25) is 4.79 Å². The fraction of sp³-hybridized carbons (Fsp3) is 0.421. The summed E-state index contributed by atoms with van der Waals surface area (Å²) in [5, 5.41) is 9.15. The number of carbonyl (C=O) groups is 1. The number of thiophene rings is 1. The Morgan fingerprint density at radius 3 is 2.88 bits per heavy atom. The van der Waals surface area contributed by atoms with Crippen molar-refractivity contribution in [2.24, 2.45) is 5.92 Å². The second-order valence-corrected chi connectivity index (χ2v) is 7.20. The molecule has 5 heteroatoms. The lowest BCUT2D eigenvalue weighted by Crippen LogP contribution is -2.40. The summed E-state index contributed by atoms with van der Waals surface area (Å²) in [6.07, 6.45) is 2.84. The predicted molar refractivity (Wildman–Crippen MR) is 96.6 cm³/mol. The Labute approximate surface area is 146 Å². The highest BCUT2D eigenvalue weighted by Crippen LogP contribution is 2.37. The first-order chi connectivity index (χ1) is 11.7. The van der Waals surface area contributed by atoms with E-state index >= 15 is 0 Å². The third kappa shape index (κ3) is 3.62. The zero-order chi connectivity index (χ0) is 16.9. The first-order valence-corrected chi connectivity index (χ1v) is 9.18. The highest BCUT2D eigenvalue weighted by atomic mass is 32.1. The van der Waals surface area contributed by atoms with Gasteiger partial charge in [0.15, 0.2) is 0 Å². The molecule has 4 nitrogen and oxygen atoms in total. The van der Waals surface area contributed by atoms with Crippen molar-refractivity contribution < 1.29 is 14.6 Å². The van der Waals surface area contributed by atoms with Crippen LogP contribution in [0.15, 0.2) is 36.4 Å². The van der Waals surface area contributed by atoms with Crippen molar-refractivity contribution in [2.75, 3.05) is 26.8 Å². The molecule has 1 aromatic heterocycles. The minimum atomic E-state index is 0.0432. The molecule has 0 spiro atoms. The van der Waals surface area contributed by atoms with Crippen LogP contribution >= 0.6 is 11.3 Å². The lowest BCUT2D eigenvalue weighted by molar-refractivity contribution is 0.0655. The molecule has 3 rings (SSSR count). The van der Waals surface area contributed by atoms with Gasteiger partial charge in [-0.2, -0.15) is 0 Å². The van der Waals surface area contributed by atoms with E-state index in [1.54, 1.807) is 7.11 Å². The van der Waals surface area contributed by atoms with Crippen LogP contribution in [-0.2, 0) is 0 Å². The fourth-order valence-electron chi connectivity index (χ4n) is 3.23. The zero-order valence-corrected chi connectivity index (χ0v) is 14.7. The van der Waals surface area contributed by atoms with E-state index < -0.39 is 0 Å². The molecule has 24 heavy (non-hydrogen) atoms. The minimum Gasteiger partial charge on any atom is -0.495 e. The van der Waals surface area contributed by atoms with Crippen LogP contribution in [0.5, 0.6) is 5.75 Å². The number of methoxy groups -OCH3 is 1. The molecule has 0 unspecified atom stereocenters. The number of aliphatic hydroxyl groups excluding tert-OH is 1. The van der Waals surface area contributed by atoms with E-state index in [-0.39, 0.29) is 12.5 Å². The van der Waals surface area contributed by atoms with Crippen LogP contribution in [0.1, 0.15) is 28.9 Å². The maximum absolute atomic E-state index is 13.0. The molecule has 0 bridgehead atoms. The molecule has 1 atom stereocenters. The molecule has 0 saturated carbocycles. The number of hydrogen-bond donors (Lipinski definition) is 1. The van der Waals surface area contributed by atoms with Gasteiger partial charge in [0.2, 0.25) is 0 Å². The third-order valence-electron chi connectivity index (χ3n) is 4.51. The van der Waals surface area contributed by atoms with E-state index in [0.717, 1.165) is 42.8 Å². The number of piperidine rings is 1. The second-order valence-electron chi connectivity index (χ2n) is 6.15. The molecule has 0 aliphatic carbocycles. The molecule has 1 N–H and O–H groups in total. The summed E-state index contributed by atoms with van der Waals surface area (Å²) < 4.78 is 5.46. The van der Waals surface area contributed by atoms with Crippen LogP contribution in [0.25, 0.3) is 10.4 Å². The molecular formula is C19H23NO3S. The van der Waals surface area contributed by atoms with Gasteiger partial charge in [0.25, 0.3) is 5.91 Å².